The normalized spacial score (nSPS) is 14.0. The second-order valence-electron chi connectivity index (χ2n) is 4.77. The van der Waals surface area contributed by atoms with E-state index in [2.05, 4.69) is 25.6 Å². The molecule has 1 aromatic heterocycles. The first-order valence-corrected chi connectivity index (χ1v) is 9.57. The van der Waals surface area contributed by atoms with Crippen molar-refractivity contribution >= 4 is 54.0 Å². The fourth-order valence-electron chi connectivity index (χ4n) is 2.36. The molecule has 0 atom stereocenters. The molecule has 1 aliphatic heterocycles. The number of hydrogen-bond acceptors (Lipinski definition) is 5. The smallest absolute Gasteiger partial charge is 0.264 e. The fourth-order valence-corrected chi connectivity index (χ4v) is 5.26. The zero-order valence-electron chi connectivity index (χ0n) is 11.5. The SMILES string of the molecule is CC(=O)N1CCc2cc(Br)c(S(=O)(=O)Nc3nccs3)cc21. The van der Waals surface area contributed by atoms with E-state index in [4.69, 9.17) is 0 Å². The molecule has 1 aromatic carbocycles. The number of aromatic nitrogens is 1. The highest BCUT2D eigenvalue weighted by atomic mass is 79.9. The van der Waals surface area contributed by atoms with Crippen molar-refractivity contribution in [2.75, 3.05) is 16.2 Å². The zero-order chi connectivity index (χ0) is 15.9. The van der Waals surface area contributed by atoms with Crippen LogP contribution in [0.15, 0.2) is 33.1 Å². The van der Waals surface area contributed by atoms with E-state index in [0.717, 1.165) is 5.56 Å². The summed E-state index contributed by atoms with van der Waals surface area (Å²) < 4.78 is 27.9. The lowest BCUT2D eigenvalue weighted by Gasteiger charge is -2.16. The third kappa shape index (κ3) is 2.75. The number of fused-ring (bicyclic) bond motifs is 1. The second kappa shape index (κ2) is 5.64. The van der Waals surface area contributed by atoms with Crippen molar-refractivity contribution in [1.82, 2.24) is 4.98 Å². The van der Waals surface area contributed by atoms with Crippen LogP contribution in [-0.2, 0) is 21.2 Å². The lowest BCUT2D eigenvalue weighted by molar-refractivity contribution is -0.116. The molecule has 0 fully saturated rings. The Morgan fingerprint density at radius 3 is 2.86 bits per heavy atom. The third-order valence-corrected chi connectivity index (χ3v) is 6.47. The molecule has 1 N–H and O–H groups in total. The molecule has 116 valence electrons. The second-order valence-corrected chi connectivity index (χ2v) is 8.17. The van der Waals surface area contributed by atoms with Gasteiger partial charge in [-0.25, -0.2) is 13.4 Å². The Hall–Kier alpha value is -1.45. The van der Waals surface area contributed by atoms with Crippen LogP contribution in [0.5, 0.6) is 0 Å². The first-order valence-electron chi connectivity index (χ1n) is 6.41. The summed E-state index contributed by atoms with van der Waals surface area (Å²) in [5, 5.41) is 1.99. The predicted molar refractivity (Wildman–Crippen MR) is 88.8 cm³/mol. The van der Waals surface area contributed by atoms with Crippen molar-refractivity contribution in [3.05, 3.63) is 33.7 Å². The van der Waals surface area contributed by atoms with Crippen molar-refractivity contribution in [3.8, 4) is 0 Å². The number of nitrogens with one attached hydrogen (secondary N) is 1. The minimum atomic E-state index is -3.77. The minimum Gasteiger partial charge on any atom is -0.312 e. The summed E-state index contributed by atoms with van der Waals surface area (Å²) in [4.78, 5) is 17.3. The Labute approximate surface area is 140 Å². The van der Waals surface area contributed by atoms with Crippen LogP contribution in [0.2, 0.25) is 0 Å². The standard InChI is InChI=1S/C13H12BrN3O3S2/c1-8(18)17-4-2-9-6-10(14)12(7-11(9)17)22(19,20)16-13-15-3-5-21-13/h3,5-7H,2,4H2,1H3,(H,15,16). The van der Waals surface area contributed by atoms with E-state index in [0.29, 0.717) is 28.3 Å². The molecular weight excluding hydrogens is 390 g/mol. The average Bonchev–Trinajstić information content (AvgIpc) is 3.05. The van der Waals surface area contributed by atoms with Crippen LogP contribution in [0.25, 0.3) is 0 Å². The van der Waals surface area contributed by atoms with Crippen molar-refractivity contribution in [3.63, 3.8) is 0 Å². The quantitative estimate of drug-likeness (QED) is 0.856. The van der Waals surface area contributed by atoms with Gasteiger partial charge in [-0.15, -0.1) is 11.3 Å². The van der Waals surface area contributed by atoms with E-state index in [1.165, 1.54) is 30.5 Å². The lowest BCUT2D eigenvalue weighted by atomic mass is 10.2. The van der Waals surface area contributed by atoms with Gasteiger partial charge in [-0.2, -0.15) is 0 Å². The monoisotopic (exact) mass is 401 g/mol. The van der Waals surface area contributed by atoms with E-state index in [1.54, 1.807) is 16.3 Å². The summed E-state index contributed by atoms with van der Waals surface area (Å²) in [5.74, 6) is -0.0997. The topological polar surface area (TPSA) is 79.4 Å². The fraction of sp³-hybridized carbons (Fsp3) is 0.231. The molecule has 0 spiro atoms. The van der Waals surface area contributed by atoms with Gasteiger partial charge in [0.25, 0.3) is 10.0 Å². The van der Waals surface area contributed by atoms with Gasteiger partial charge in [0, 0.05) is 35.2 Å². The molecule has 9 heteroatoms. The molecule has 6 nitrogen and oxygen atoms in total. The summed E-state index contributed by atoms with van der Waals surface area (Å²) in [6.07, 6.45) is 2.24. The Morgan fingerprint density at radius 1 is 1.45 bits per heavy atom. The summed E-state index contributed by atoms with van der Waals surface area (Å²) in [5.41, 5.74) is 1.60. The molecule has 0 radical (unpaired) electrons. The van der Waals surface area contributed by atoms with Gasteiger partial charge >= 0.3 is 0 Å². The van der Waals surface area contributed by atoms with Gasteiger partial charge in [0.2, 0.25) is 5.91 Å². The predicted octanol–water partition coefficient (Wildman–Crippen LogP) is 2.62. The van der Waals surface area contributed by atoms with Crippen molar-refractivity contribution in [2.45, 2.75) is 18.2 Å². The lowest BCUT2D eigenvalue weighted by Crippen LogP contribution is -2.26. The molecular formula is C13H12BrN3O3S2. The summed E-state index contributed by atoms with van der Waals surface area (Å²) in [6, 6.07) is 3.29. The Balaban J connectivity index is 2.04. The number of sulfonamides is 1. The summed E-state index contributed by atoms with van der Waals surface area (Å²) in [6.45, 7) is 2.04. The van der Waals surface area contributed by atoms with Crippen LogP contribution < -0.4 is 9.62 Å². The number of carbonyl (C=O) groups is 1. The third-order valence-electron chi connectivity index (χ3n) is 3.35. The zero-order valence-corrected chi connectivity index (χ0v) is 14.8. The molecule has 3 rings (SSSR count). The number of benzene rings is 1. The first kappa shape index (κ1) is 15.4. The Bertz CT molecular complexity index is 834. The number of nitrogens with zero attached hydrogens (tertiary/aromatic N) is 2. The molecule has 1 amide bonds. The van der Waals surface area contributed by atoms with Crippen LogP contribution in [0.1, 0.15) is 12.5 Å². The van der Waals surface area contributed by atoms with Gasteiger partial charge in [-0.05, 0) is 40.0 Å². The molecule has 0 saturated heterocycles. The highest BCUT2D eigenvalue weighted by molar-refractivity contribution is 9.10. The molecule has 0 bridgehead atoms. The maximum atomic E-state index is 12.5. The summed E-state index contributed by atoms with van der Waals surface area (Å²) >= 11 is 4.51. The number of hydrogen-bond donors (Lipinski definition) is 1. The van der Waals surface area contributed by atoms with E-state index in [-0.39, 0.29) is 10.8 Å². The Morgan fingerprint density at radius 2 is 2.23 bits per heavy atom. The van der Waals surface area contributed by atoms with Gasteiger partial charge < -0.3 is 4.90 Å². The van der Waals surface area contributed by atoms with Crippen LogP contribution in [-0.4, -0.2) is 25.9 Å². The largest absolute Gasteiger partial charge is 0.312 e. The number of anilines is 2. The number of amides is 1. The van der Waals surface area contributed by atoms with E-state index in [1.807, 2.05) is 0 Å². The number of halogens is 1. The van der Waals surface area contributed by atoms with Gasteiger partial charge in [-0.3, -0.25) is 9.52 Å². The minimum absolute atomic E-state index is 0.0922. The molecule has 2 aromatic rings. The Kier molecular flexibility index (Phi) is 3.96. The van der Waals surface area contributed by atoms with Crippen molar-refractivity contribution in [2.24, 2.45) is 0 Å². The van der Waals surface area contributed by atoms with Gasteiger partial charge in [-0.1, -0.05) is 0 Å². The van der Waals surface area contributed by atoms with E-state index < -0.39 is 10.0 Å². The van der Waals surface area contributed by atoms with Gasteiger partial charge in [0.1, 0.15) is 4.90 Å². The molecule has 0 unspecified atom stereocenters. The van der Waals surface area contributed by atoms with Crippen LogP contribution in [0, 0.1) is 0 Å². The van der Waals surface area contributed by atoms with Crippen molar-refractivity contribution in [1.29, 1.82) is 0 Å². The summed E-state index contributed by atoms with van der Waals surface area (Å²) in [7, 11) is -3.77. The highest BCUT2D eigenvalue weighted by Gasteiger charge is 2.27. The van der Waals surface area contributed by atoms with Gasteiger partial charge in [0.05, 0.1) is 0 Å². The number of carbonyl (C=O) groups excluding carboxylic acids is 1. The molecule has 2 heterocycles. The van der Waals surface area contributed by atoms with Gasteiger partial charge in [0.15, 0.2) is 5.13 Å². The first-order chi connectivity index (χ1) is 10.4. The van der Waals surface area contributed by atoms with Crippen LogP contribution in [0.4, 0.5) is 10.8 Å². The highest BCUT2D eigenvalue weighted by Crippen LogP contribution is 2.36. The number of thiazole rings is 1. The maximum Gasteiger partial charge on any atom is 0.264 e. The molecule has 0 saturated carbocycles. The number of rotatable bonds is 3. The molecule has 22 heavy (non-hydrogen) atoms. The van der Waals surface area contributed by atoms with Crippen molar-refractivity contribution < 1.29 is 13.2 Å². The molecule has 1 aliphatic rings. The van der Waals surface area contributed by atoms with E-state index in [9.17, 15) is 13.2 Å². The van der Waals surface area contributed by atoms with E-state index >= 15 is 0 Å². The van der Waals surface area contributed by atoms with Crippen LogP contribution >= 0.6 is 27.3 Å². The maximum absolute atomic E-state index is 12.5. The average molecular weight is 402 g/mol. The van der Waals surface area contributed by atoms with Crippen LogP contribution in [0.3, 0.4) is 0 Å². The molecule has 0 aliphatic carbocycles.